The quantitative estimate of drug-likeness (QED) is 0.678. The van der Waals surface area contributed by atoms with Gasteiger partial charge in [-0.1, -0.05) is 27.4 Å². The van der Waals surface area contributed by atoms with Crippen molar-refractivity contribution in [3.63, 3.8) is 0 Å². The van der Waals surface area contributed by atoms with Crippen molar-refractivity contribution in [1.82, 2.24) is 0 Å². The number of aliphatic hydroxyl groups excluding tert-OH is 1. The normalized spacial score (nSPS) is 25.2. The second-order valence-electron chi connectivity index (χ2n) is 5.41. The van der Waals surface area contributed by atoms with Crippen LogP contribution in [0.1, 0.15) is 46.5 Å². The Kier molecular flexibility index (Phi) is 6.34. The largest absolute Gasteiger partial charge is 0.478 e. The van der Waals surface area contributed by atoms with Gasteiger partial charge in [0.05, 0.1) is 6.10 Å². The summed E-state index contributed by atoms with van der Waals surface area (Å²) in [4.78, 5) is 9.25. The van der Waals surface area contributed by atoms with Gasteiger partial charge in [0.25, 0.3) is 0 Å². The van der Waals surface area contributed by atoms with Gasteiger partial charge in [0.2, 0.25) is 0 Å². The maximum absolute atomic E-state index is 9.29. The zero-order valence-corrected chi connectivity index (χ0v) is 10.6. The van der Waals surface area contributed by atoms with Crippen molar-refractivity contribution in [1.29, 1.82) is 0 Å². The molecule has 0 aromatic heterocycles. The zero-order valence-electron chi connectivity index (χ0n) is 10.6. The van der Waals surface area contributed by atoms with Crippen LogP contribution in [0.15, 0.2) is 12.7 Å². The molecule has 0 atom stereocenters. The van der Waals surface area contributed by atoms with Crippen LogP contribution in [0.25, 0.3) is 0 Å². The van der Waals surface area contributed by atoms with E-state index in [2.05, 4.69) is 27.4 Å². The van der Waals surface area contributed by atoms with Crippen LogP contribution in [0.5, 0.6) is 0 Å². The summed E-state index contributed by atoms with van der Waals surface area (Å²) in [5, 5.41) is 16.9. The molecule has 0 heterocycles. The standard InChI is InChI=1S/C10H20O.C3H4O2/c1-10(2,3)8-4-6-9(11)7-5-8;1-2-3(4)5/h8-9,11H,4-7H2,1-3H3;2H,1H2,(H,4,5). The Balaban J connectivity index is 0.000000385. The summed E-state index contributed by atoms with van der Waals surface area (Å²) in [5.74, 6) is -0.157. The molecule has 1 rings (SSSR count). The van der Waals surface area contributed by atoms with Gasteiger partial charge in [-0.2, -0.15) is 0 Å². The van der Waals surface area contributed by atoms with Crippen molar-refractivity contribution in [3.05, 3.63) is 12.7 Å². The molecule has 0 aromatic carbocycles. The highest BCUT2D eigenvalue weighted by molar-refractivity contribution is 5.78. The number of carboxylic acid groups (broad SMARTS) is 1. The van der Waals surface area contributed by atoms with E-state index < -0.39 is 5.97 Å². The number of hydrogen-bond donors (Lipinski definition) is 2. The third-order valence-electron chi connectivity index (χ3n) is 3.10. The first-order valence-corrected chi connectivity index (χ1v) is 5.80. The average Bonchev–Trinajstić information content (AvgIpc) is 2.18. The molecule has 16 heavy (non-hydrogen) atoms. The fourth-order valence-electron chi connectivity index (χ4n) is 1.94. The van der Waals surface area contributed by atoms with Crippen LogP contribution in [-0.2, 0) is 4.79 Å². The molecule has 0 aromatic rings. The molecule has 1 saturated carbocycles. The molecule has 2 N–H and O–H groups in total. The summed E-state index contributed by atoms with van der Waals surface area (Å²) < 4.78 is 0. The molecule has 0 aliphatic heterocycles. The van der Waals surface area contributed by atoms with E-state index >= 15 is 0 Å². The van der Waals surface area contributed by atoms with Crippen LogP contribution in [0.4, 0.5) is 0 Å². The Morgan fingerprint density at radius 2 is 1.62 bits per heavy atom. The third kappa shape index (κ3) is 6.62. The van der Waals surface area contributed by atoms with E-state index in [0.717, 1.165) is 24.8 Å². The maximum Gasteiger partial charge on any atom is 0.327 e. The fraction of sp³-hybridized carbons (Fsp3) is 0.769. The molecule has 0 radical (unpaired) electrons. The van der Waals surface area contributed by atoms with Crippen LogP contribution in [0.2, 0.25) is 0 Å². The predicted molar refractivity (Wildman–Crippen MR) is 65.3 cm³/mol. The lowest BCUT2D eigenvalue weighted by atomic mass is 9.72. The Morgan fingerprint density at radius 3 is 1.88 bits per heavy atom. The van der Waals surface area contributed by atoms with E-state index in [0.29, 0.717) is 5.41 Å². The monoisotopic (exact) mass is 228 g/mol. The molecule has 0 unspecified atom stereocenters. The maximum atomic E-state index is 9.29. The lowest BCUT2D eigenvalue weighted by Crippen LogP contribution is -2.27. The summed E-state index contributed by atoms with van der Waals surface area (Å²) in [6.45, 7) is 9.86. The van der Waals surface area contributed by atoms with E-state index in [4.69, 9.17) is 5.11 Å². The fourth-order valence-corrected chi connectivity index (χ4v) is 1.94. The number of aliphatic carboxylic acids is 1. The lowest BCUT2D eigenvalue weighted by molar-refractivity contribution is -0.131. The molecular weight excluding hydrogens is 204 g/mol. The van der Waals surface area contributed by atoms with E-state index in [1.54, 1.807) is 0 Å². The highest BCUT2D eigenvalue weighted by Crippen LogP contribution is 2.37. The molecule has 1 aliphatic carbocycles. The Bertz CT molecular complexity index is 220. The van der Waals surface area contributed by atoms with Crippen LogP contribution < -0.4 is 0 Å². The summed E-state index contributed by atoms with van der Waals surface area (Å²) in [6, 6.07) is 0. The number of aliphatic hydroxyl groups is 1. The van der Waals surface area contributed by atoms with Crippen molar-refractivity contribution in [2.75, 3.05) is 0 Å². The number of hydrogen-bond acceptors (Lipinski definition) is 2. The van der Waals surface area contributed by atoms with Gasteiger partial charge in [-0.25, -0.2) is 4.79 Å². The van der Waals surface area contributed by atoms with Gasteiger partial charge in [-0.3, -0.25) is 0 Å². The average molecular weight is 228 g/mol. The van der Waals surface area contributed by atoms with E-state index in [-0.39, 0.29) is 6.10 Å². The Hall–Kier alpha value is -0.830. The van der Waals surface area contributed by atoms with Gasteiger partial charge in [-0.15, -0.1) is 0 Å². The summed E-state index contributed by atoms with van der Waals surface area (Å²) in [6.07, 6.45) is 5.28. The molecule has 0 spiro atoms. The third-order valence-corrected chi connectivity index (χ3v) is 3.10. The summed E-state index contributed by atoms with van der Waals surface area (Å²) in [5.41, 5.74) is 0.445. The highest BCUT2D eigenvalue weighted by Gasteiger charge is 2.28. The van der Waals surface area contributed by atoms with Crippen molar-refractivity contribution in [2.24, 2.45) is 11.3 Å². The number of carboxylic acids is 1. The minimum Gasteiger partial charge on any atom is -0.478 e. The van der Waals surface area contributed by atoms with Crippen LogP contribution >= 0.6 is 0 Å². The molecule has 3 heteroatoms. The highest BCUT2D eigenvalue weighted by atomic mass is 16.4. The van der Waals surface area contributed by atoms with Crippen molar-refractivity contribution < 1.29 is 15.0 Å². The van der Waals surface area contributed by atoms with Gasteiger partial charge in [-0.05, 0) is 37.0 Å². The molecule has 0 amide bonds. The van der Waals surface area contributed by atoms with Crippen LogP contribution in [0, 0.1) is 11.3 Å². The van der Waals surface area contributed by atoms with Gasteiger partial charge < -0.3 is 10.2 Å². The number of rotatable bonds is 1. The Labute approximate surface area is 98.2 Å². The summed E-state index contributed by atoms with van der Waals surface area (Å²) >= 11 is 0. The van der Waals surface area contributed by atoms with Gasteiger partial charge in [0.15, 0.2) is 0 Å². The minimum absolute atomic E-state index is 0.00593. The molecule has 1 aliphatic rings. The van der Waals surface area contributed by atoms with Gasteiger partial charge >= 0.3 is 5.97 Å². The smallest absolute Gasteiger partial charge is 0.327 e. The SMILES string of the molecule is C=CC(=O)O.CC(C)(C)C1CCC(O)CC1. The Morgan fingerprint density at radius 1 is 1.25 bits per heavy atom. The molecular formula is C13H24O3. The molecule has 0 bridgehead atoms. The van der Waals surface area contributed by atoms with Crippen molar-refractivity contribution >= 4 is 5.97 Å². The first kappa shape index (κ1) is 15.2. The molecule has 94 valence electrons. The van der Waals surface area contributed by atoms with Crippen LogP contribution in [0.3, 0.4) is 0 Å². The first-order chi connectivity index (χ1) is 7.27. The first-order valence-electron chi connectivity index (χ1n) is 5.80. The van der Waals surface area contributed by atoms with Crippen LogP contribution in [-0.4, -0.2) is 22.3 Å². The van der Waals surface area contributed by atoms with Crippen molar-refractivity contribution in [2.45, 2.75) is 52.6 Å². The zero-order chi connectivity index (χ0) is 12.8. The summed E-state index contributed by atoms with van der Waals surface area (Å²) in [7, 11) is 0. The van der Waals surface area contributed by atoms with Crippen molar-refractivity contribution in [3.8, 4) is 0 Å². The van der Waals surface area contributed by atoms with Gasteiger partial charge in [0.1, 0.15) is 0 Å². The lowest BCUT2D eigenvalue weighted by Gasteiger charge is -2.35. The van der Waals surface area contributed by atoms with E-state index in [1.807, 2.05) is 0 Å². The molecule has 1 fully saturated rings. The number of carbonyl (C=O) groups is 1. The predicted octanol–water partition coefficient (Wildman–Crippen LogP) is 2.84. The minimum atomic E-state index is -0.981. The second-order valence-corrected chi connectivity index (χ2v) is 5.41. The molecule has 0 saturated heterocycles. The second kappa shape index (κ2) is 6.69. The molecule has 3 nitrogen and oxygen atoms in total. The van der Waals surface area contributed by atoms with Gasteiger partial charge in [0, 0.05) is 6.08 Å². The topological polar surface area (TPSA) is 57.5 Å². The van der Waals surface area contributed by atoms with E-state index in [9.17, 15) is 9.90 Å². The van der Waals surface area contributed by atoms with E-state index in [1.165, 1.54) is 12.8 Å².